The van der Waals surface area contributed by atoms with Gasteiger partial charge < -0.3 is 14.0 Å². The first-order chi connectivity index (χ1) is 14.6. The van der Waals surface area contributed by atoms with Gasteiger partial charge in [-0.05, 0) is 30.4 Å². The average molecular weight is 459 g/mol. The third kappa shape index (κ3) is 4.79. The Hall–Kier alpha value is -1.95. The van der Waals surface area contributed by atoms with Crippen LogP contribution in [0, 0.1) is 11.8 Å². The first kappa shape index (κ1) is 22.3. The number of ether oxygens (including phenoxy) is 2. The molecule has 0 saturated carbocycles. The minimum atomic E-state index is -4.44. The molecule has 3 heterocycles. The molecule has 2 aliphatic rings. The number of benzene rings is 1. The second-order valence-electron chi connectivity index (χ2n) is 7.99. The number of alkyl halides is 3. The maximum atomic E-state index is 13.1. The summed E-state index contributed by atoms with van der Waals surface area (Å²) in [6.45, 7) is 1.32. The molecule has 2 fully saturated rings. The van der Waals surface area contributed by atoms with Gasteiger partial charge in [0.05, 0.1) is 25.1 Å². The minimum absolute atomic E-state index is 0.0565. The van der Waals surface area contributed by atoms with Crippen molar-refractivity contribution in [1.82, 2.24) is 13.9 Å². The first-order valence-electron chi connectivity index (χ1n) is 10.0. The molecular formula is C20H24F3N3O4S. The fraction of sp³-hybridized carbons (Fsp3) is 0.550. The number of hydrogen-bond acceptors (Lipinski definition) is 5. The highest BCUT2D eigenvalue weighted by molar-refractivity contribution is 7.89. The van der Waals surface area contributed by atoms with Crippen molar-refractivity contribution in [3.05, 3.63) is 47.9 Å². The van der Waals surface area contributed by atoms with Gasteiger partial charge in [0, 0.05) is 32.3 Å². The van der Waals surface area contributed by atoms with Crippen molar-refractivity contribution in [3.8, 4) is 0 Å². The van der Waals surface area contributed by atoms with Crippen molar-refractivity contribution in [1.29, 1.82) is 0 Å². The number of hydrogen-bond donors (Lipinski definition) is 0. The van der Waals surface area contributed by atoms with Crippen LogP contribution in [0.4, 0.5) is 13.2 Å². The fourth-order valence-electron chi connectivity index (χ4n) is 4.16. The minimum Gasteiger partial charge on any atom is -0.352 e. The Labute approximate surface area is 178 Å². The SMILES string of the molecule is Cn1cnc(S(=O)(=O)N2C[C@H](Cc3cccc(C(F)(F)F)c3)[C@@H](C3OCCCO3)C2)c1. The normalized spacial score (nSPS) is 24.0. The van der Waals surface area contributed by atoms with E-state index >= 15 is 0 Å². The molecule has 170 valence electrons. The van der Waals surface area contributed by atoms with Crippen molar-refractivity contribution in [2.24, 2.45) is 18.9 Å². The van der Waals surface area contributed by atoms with Crippen LogP contribution in [-0.4, -0.2) is 54.9 Å². The molecule has 4 rings (SSSR count). The van der Waals surface area contributed by atoms with Crippen molar-refractivity contribution >= 4 is 10.0 Å². The summed E-state index contributed by atoms with van der Waals surface area (Å²) >= 11 is 0. The van der Waals surface area contributed by atoms with E-state index in [0.717, 1.165) is 18.6 Å². The van der Waals surface area contributed by atoms with Gasteiger partial charge in [0.15, 0.2) is 11.3 Å². The average Bonchev–Trinajstić information content (AvgIpc) is 3.36. The van der Waals surface area contributed by atoms with E-state index in [0.29, 0.717) is 18.8 Å². The number of nitrogens with zero attached hydrogens (tertiary/aromatic N) is 3. The molecule has 0 amide bonds. The summed E-state index contributed by atoms with van der Waals surface area (Å²) in [5.74, 6) is -0.557. The van der Waals surface area contributed by atoms with Crippen LogP contribution in [0.15, 0.2) is 41.8 Å². The summed E-state index contributed by atoms with van der Waals surface area (Å²) in [6.07, 6.45) is -1.15. The zero-order valence-corrected chi connectivity index (χ0v) is 17.8. The maximum Gasteiger partial charge on any atom is 0.416 e. The van der Waals surface area contributed by atoms with E-state index in [2.05, 4.69) is 4.98 Å². The highest BCUT2D eigenvalue weighted by atomic mass is 32.2. The first-order valence-corrected chi connectivity index (χ1v) is 11.5. The largest absolute Gasteiger partial charge is 0.416 e. The molecule has 0 unspecified atom stereocenters. The van der Waals surface area contributed by atoms with Gasteiger partial charge in [0.1, 0.15) is 0 Å². The molecule has 7 nitrogen and oxygen atoms in total. The quantitative estimate of drug-likeness (QED) is 0.688. The van der Waals surface area contributed by atoms with Crippen LogP contribution in [0.2, 0.25) is 0 Å². The van der Waals surface area contributed by atoms with Gasteiger partial charge in [-0.1, -0.05) is 18.2 Å². The summed E-state index contributed by atoms with van der Waals surface area (Å²) in [6, 6.07) is 5.15. The summed E-state index contributed by atoms with van der Waals surface area (Å²) < 4.78 is 79.9. The summed E-state index contributed by atoms with van der Waals surface area (Å²) in [4.78, 5) is 3.96. The van der Waals surface area contributed by atoms with E-state index in [-0.39, 0.29) is 36.4 Å². The Bertz CT molecular complexity index is 1020. The van der Waals surface area contributed by atoms with E-state index in [9.17, 15) is 21.6 Å². The summed E-state index contributed by atoms with van der Waals surface area (Å²) in [7, 11) is -2.16. The zero-order chi connectivity index (χ0) is 22.2. The zero-order valence-electron chi connectivity index (χ0n) is 17.0. The molecule has 0 bridgehead atoms. The molecule has 2 aliphatic heterocycles. The number of aryl methyl sites for hydroxylation is 1. The monoisotopic (exact) mass is 459 g/mol. The van der Waals surface area contributed by atoms with Gasteiger partial charge in [0.25, 0.3) is 10.0 Å². The van der Waals surface area contributed by atoms with E-state index in [1.54, 1.807) is 17.7 Å². The van der Waals surface area contributed by atoms with E-state index in [4.69, 9.17) is 9.47 Å². The molecule has 2 aromatic rings. The standard InChI is InChI=1S/C20H24F3N3O4S/c1-25-12-18(24-13-25)31(27,28)26-10-15(17(11-26)19-29-6-3-7-30-19)8-14-4-2-5-16(9-14)20(21,22)23/h2,4-5,9,12-13,15,17,19H,3,6-8,10-11H2,1H3/t15-,17-/m0/s1. The van der Waals surface area contributed by atoms with Crippen LogP contribution in [0.25, 0.3) is 0 Å². The van der Waals surface area contributed by atoms with Crippen LogP contribution in [0.3, 0.4) is 0 Å². The Morgan fingerprint density at radius 3 is 2.58 bits per heavy atom. The molecule has 0 spiro atoms. The summed E-state index contributed by atoms with van der Waals surface area (Å²) in [5.41, 5.74) is -0.222. The fourth-order valence-corrected chi connectivity index (χ4v) is 5.66. The lowest BCUT2D eigenvalue weighted by Crippen LogP contribution is -2.37. The third-order valence-electron chi connectivity index (χ3n) is 5.70. The van der Waals surface area contributed by atoms with Crippen molar-refractivity contribution in [2.75, 3.05) is 26.3 Å². The number of rotatable bonds is 5. The molecular weight excluding hydrogens is 435 g/mol. The van der Waals surface area contributed by atoms with Crippen LogP contribution in [0.5, 0.6) is 0 Å². The molecule has 0 aliphatic carbocycles. The van der Waals surface area contributed by atoms with Crippen molar-refractivity contribution < 1.29 is 31.1 Å². The number of aromatic nitrogens is 2. The smallest absolute Gasteiger partial charge is 0.352 e. The Kier molecular flexibility index (Phi) is 6.12. The van der Waals surface area contributed by atoms with Gasteiger partial charge in [0.2, 0.25) is 0 Å². The number of imidazole rings is 1. The van der Waals surface area contributed by atoms with Gasteiger partial charge in [-0.3, -0.25) is 0 Å². The molecule has 11 heteroatoms. The lowest BCUT2D eigenvalue weighted by molar-refractivity contribution is -0.208. The lowest BCUT2D eigenvalue weighted by Gasteiger charge is -2.31. The Morgan fingerprint density at radius 2 is 1.94 bits per heavy atom. The van der Waals surface area contributed by atoms with E-state index < -0.39 is 28.1 Å². The highest BCUT2D eigenvalue weighted by Crippen LogP contribution is 2.36. The van der Waals surface area contributed by atoms with Crippen LogP contribution >= 0.6 is 0 Å². The van der Waals surface area contributed by atoms with Crippen molar-refractivity contribution in [3.63, 3.8) is 0 Å². The molecule has 2 saturated heterocycles. The molecule has 1 aromatic carbocycles. The third-order valence-corrected chi connectivity index (χ3v) is 7.42. The Morgan fingerprint density at radius 1 is 1.19 bits per heavy atom. The van der Waals surface area contributed by atoms with Gasteiger partial charge in [-0.25, -0.2) is 13.4 Å². The summed E-state index contributed by atoms with van der Waals surface area (Å²) in [5, 5.41) is -0.0565. The molecule has 2 atom stereocenters. The Balaban J connectivity index is 1.59. The number of sulfonamides is 1. The topological polar surface area (TPSA) is 73.7 Å². The van der Waals surface area contributed by atoms with Crippen LogP contribution in [-0.2, 0) is 39.1 Å². The molecule has 1 aromatic heterocycles. The van der Waals surface area contributed by atoms with Crippen LogP contribution < -0.4 is 0 Å². The molecule has 31 heavy (non-hydrogen) atoms. The lowest BCUT2D eigenvalue weighted by atomic mass is 9.88. The van der Waals surface area contributed by atoms with Crippen molar-refractivity contribution in [2.45, 2.75) is 30.3 Å². The van der Waals surface area contributed by atoms with Gasteiger partial charge >= 0.3 is 6.18 Å². The molecule has 0 radical (unpaired) electrons. The van der Waals surface area contributed by atoms with Gasteiger partial charge in [-0.2, -0.15) is 17.5 Å². The predicted octanol–water partition coefficient (Wildman–Crippen LogP) is 2.68. The van der Waals surface area contributed by atoms with E-state index in [1.807, 2.05) is 0 Å². The maximum absolute atomic E-state index is 13.1. The molecule has 0 N–H and O–H groups in total. The second kappa shape index (κ2) is 8.53. The second-order valence-corrected chi connectivity index (χ2v) is 9.87. The van der Waals surface area contributed by atoms with Gasteiger partial charge in [-0.15, -0.1) is 0 Å². The number of halogens is 3. The van der Waals surface area contributed by atoms with Crippen LogP contribution in [0.1, 0.15) is 17.5 Å². The predicted molar refractivity (Wildman–Crippen MR) is 104 cm³/mol. The highest BCUT2D eigenvalue weighted by Gasteiger charge is 2.45. The van der Waals surface area contributed by atoms with E-state index in [1.165, 1.54) is 22.9 Å².